The second-order valence-corrected chi connectivity index (χ2v) is 5.91. The third kappa shape index (κ3) is 3.48. The standard InChI is InChI=1S/C15H22O/c1-11(2)14(16)13-9-7-6-8-12(13)10-15(3,4)5/h6-9,11H,10H2,1-5H3. The van der Waals surface area contributed by atoms with Gasteiger partial charge < -0.3 is 0 Å². The maximum atomic E-state index is 12.1. The van der Waals surface area contributed by atoms with Gasteiger partial charge in [-0.2, -0.15) is 0 Å². The minimum Gasteiger partial charge on any atom is -0.294 e. The summed E-state index contributed by atoms with van der Waals surface area (Å²) < 4.78 is 0. The molecule has 1 aromatic carbocycles. The number of carbonyl (C=O) groups is 1. The molecule has 0 atom stereocenters. The molecule has 1 heteroatoms. The molecule has 0 aliphatic carbocycles. The quantitative estimate of drug-likeness (QED) is 0.698. The molecule has 0 radical (unpaired) electrons. The van der Waals surface area contributed by atoms with Crippen LogP contribution in [0, 0.1) is 11.3 Å². The van der Waals surface area contributed by atoms with E-state index in [1.54, 1.807) is 0 Å². The predicted octanol–water partition coefficient (Wildman–Crippen LogP) is 4.11. The molecule has 0 aliphatic rings. The summed E-state index contributed by atoms with van der Waals surface area (Å²) in [5, 5.41) is 0. The molecule has 0 unspecified atom stereocenters. The van der Waals surface area contributed by atoms with Crippen molar-refractivity contribution in [3.8, 4) is 0 Å². The molecule has 0 aromatic heterocycles. The van der Waals surface area contributed by atoms with E-state index in [1.165, 1.54) is 5.56 Å². The summed E-state index contributed by atoms with van der Waals surface area (Å²) in [6.45, 7) is 10.5. The molecule has 0 heterocycles. The molecular formula is C15H22O. The van der Waals surface area contributed by atoms with Gasteiger partial charge in [-0.1, -0.05) is 58.9 Å². The fraction of sp³-hybridized carbons (Fsp3) is 0.533. The number of rotatable bonds is 3. The molecule has 1 nitrogen and oxygen atoms in total. The van der Waals surface area contributed by atoms with Crippen LogP contribution in [0.25, 0.3) is 0 Å². The number of hydrogen-bond donors (Lipinski definition) is 0. The summed E-state index contributed by atoms with van der Waals surface area (Å²) in [6, 6.07) is 7.98. The van der Waals surface area contributed by atoms with Crippen LogP contribution in [0.5, 0.6) is 0 Å². The summed E-state index contributed by atoms with van der Waals surface area (Å²) in [4.78, 5) is 12.1. The van der Waals surface area contributed by atoms with Crippen molar-refractivity contribution in [2.45, 2.75) is 41.0 Å². The Bertz CT molecular complexity index is 369. The van der Waals surface area contributed by atoms with Gasteiger partial charge in [0.1, 0.15) is 0 Å². The topological polar surface area (TPSA) is 17.1 Å². The minimum absolute atomic E-state index is 0.0705. The monoisotopic (exact) mass is 218 g/mol. The number of carbonyl (C=O) groups excluding carboxylic acids is 1. The van der Waals surface area contributed by atoms with Crippen LogP contribution in [0.15, 0.2) is 24.3 Å². The highest BCUT2D eigenvalue weighted by Crippen LogP contribution is 2.24. The first-order valence-electron chi connectivity index (χ1n) is 5.93. The number of Topliss-reactive ketones (excluding diaryl/α,β-unsaturated/α-hetero) is 1. The minimum atomic E-state index is 0.0705. The van der Waals surface area contributed by atoms with Crippen molar-refractivity contribution in [3.63, 3.8) is 0 Å². The number of benzene rings is 1. The van der Waals surface area contributed by atoms with Crippen molar-refractivity contribution >= 4 is 5.78 Å². The van der Waals surface area contributed by atoms with Crippen LogP contribution in [0.4, 0.5) is 0 Å². The third-order valence-electron chi connectivity index (χ3n) is 2.53. The Balaban J connectivity index is 3.06. The zero-order valence-electron chi connectivity index (χ0n) is 11.0. The zero-order valence-corrected chi connectivity index (χ0v) is 11.0. The molecular weight excluding hydrogens is 196 g/mol. The van der Waals surface area contributed by atoms with Crippen molar-refractivity contribution in [1.29, 1.82) is 0 Å². The lowest BCUT2D eigenvalue weighted by molar-refractivity contribution is 0.0938. The van der Waals surface area contributed by atoms with E-state index >= 15 is 0 Å². The van der Waals surface area contributed by atoms with Gasteiger partial charge in [0.2, 0.25) is 0 Å². The zero-order chi connectivity index (χ0) is 12.3. The normalized spacial score (nSPS) is 11.9. The fourth-order valence-corrected chi connectivity index (χ4v) is 1.80. The van der Waals surface area contributed by atoms with Crippen LogP contribution in [0.3, 0.4) is 0 Å². The average molecular weight is 218 g/mol. The van der Waals surface area contributed by atoms with E-state index in [9.17, 15) is 4.79 Å². The van der Waals surface area contributed by atoms with E-state index in [-0.39, 0.29) is 17.1 Å². The Labute approximate surface area is 98.9 Å². The first kappa shape index (κ1) is 13.0. The average Bonchev–Trinajstić information content (AvgIpc) is 2.15. The van der Waals surface area contributed by atoms with Crippen LogP contribution >= 0.6 is 0 Å². The Kier molecular flexibility index (Phi) is 3.90. The first-order chi connectivity index (χ1) is 7.31. The Morgan fingerprint density at radius 3 is 2.25 bits per heavy atom. The van der Waals surface area contributed by atoms with E-state index in [1.807, 2.05) is 32.0 Å². The van der Waals surface area contributed by atoms with Gasteiger partial charge in [-0.15, -0.1) is 0 Å². The van der Waals surface area contributed by atoms with Crippen molar-refractivity contribution in [3.05, 3.63) is 35.4 Å². The van der Waals surface area contributed by atoms with Crippen LogP contribution in [-0.2, 0) is 6.42 Å². The largest absolute Gasteiger partial charge is 0.294 e. The SMILES string of the molecule is CC(C)C(=O)c1ccccc1CC(C)(C)C. The van der Waals surface area contributed by atoms with Crippen LogP contribution in [0.1, 0.15) is 50.5 Å². The van der Waals surface area contributed by atoms with E-state index in [2.05, 4.69) is 26.8 Å². The second kappa shape index (κ2) is 4.82. The summed E-state index contributed by atoms with van der Waals surface area (Å²) >= 11 is 0. The lowest BCUT2D eigenvalue weighted by atomic mass is 9.84. The highest BCUT2D eigenvalue weighted by molar-refractivity contribution is 5.98. The van der Waals surface area contributed by atoms with Crippen LogP contribution in [-0.4, -0.2) is 5.78 Å². The van der Waals surface area contributed by atoms with Crippen LogP contribution < -0.4 is 0 Å². The molecule has 1 rings (SSSR count). The maximum Gasteiger partial charge on any atom is 0.165 e. The van der Waals surface area contributed by atoms with Crippen molar-refractivity contribution in [2.75, 3.05) is 0 Å². The summed E-state index contributed by atoms with van der Waals surface area (Å²) in [5.74, 6) is 0.320. The van der Waals surface area contributed by atoms with Gasteiger partial charge in [-0.25, -0.2) is 0 Å². The highest BCUT2D eigenvalue weighted by atomic mass is 16.1. The second-order valence-electron chi connectivity index (χ2n) is 5.91. The van der Waals surface area contributed by atoms with Gasteiger partial charge in [0.05, 0.1) is 0 Å². The molecule has 0 N–H and O–H groups in total. The fourth-order valence-electron chi connectivity index (χ4n) is 1.80. The van der Waals surface area contributed by atoms with Crippen LogP contribution in [0.2, 0.25) is 0 Å². The molecule has 1 aromatic rings. The summed E-state index contributed by atoms with van der Waals surface area (Å²) in [6.07, 6.45) is 0.946. The van der Waals surface area contributed by atoms with Gasteiger partial charge in [-0.05, 0) is 17.4 Å². The molecule has 0 spiro atoms. The third-order valence-corrected chi connectivity index (χ3v) is 2.53. The molecule has 16 heavy (non-hydrogen) atoms. The summed E-state index contributed by atoms with van der Waals surface area (Å²) in [5.41, 5.74) is 2.29. The highest BCUT2D eigenvalue weighted by Gasteiger charge is 2.18. The van der Waals surface area contributed by atoms with E-state index < -0.39 is 0 Å². The van der Waals surface area contributed by atoms with Crippen molar-refractivity contribution in [2.24, 2.45) is 11.3 Å². The molecule has 88 valence electrons. The first-order valence-corrected chi connectivity index (χ1v) is 5.93. The van der Waals surface area contributed by atoms with Gasteiger partial charge in [-0.3, -0.25) is 4.79 Å². The molecule has 0 saturated heterocycles. The van der Waals surface area contributed by atoms with Gasteiger partial charge in [0.15, 0.2) is 5.78 Å². The molecule has 0 bridgehead atoms. The number of hydrogen-bond acceptors (Lipinski definition) is 1. The van der Waals surface area contributed by atoms with E-state index in [0.29, 0.717) is 0 Å². The smallest absolute Gasteiger partial charge is 0.165 e. The lowest BCUT2D eigenvalue weighted by Gasteiger charge is -2.20. The molecule has 0 aliphatic heterocycles. The van der Waals surface area contributed by atoms with E-state index in [0.717, 1.165) is 12.0 Å². The molecule has 0 amide bonds. The Hall–Kier alpha value is -1.11. The van der Waals surface area contributed by atoms with Gasteiger partial charge in [0.25, 0.3) is 0 Å². The summed E-state index contributed by atoms with van der Waals surface area (Å²) in [7, 11) is 0. The lowest BCUT2D eigenvalue weighted by Crippen LogP contribution is -2.15. The van der Waals surface area contributed by atoms with Crippen molar-refractivity contribution < 1.29 is 4.79 Å². The maximum absolute atomic E-state index is 12.1. The Morgan fingerprint density at radius 2 is 1.75 bits per heavy atom. The van der Waals surface area contributed by atoms with Gasteiger partial charge >= 0.3 is 0 Å². The molecule has 0 saturated carbocycles. The van der Waals surface area contributed by atoms with E-state index in [4.69, 9.17) is 0 Å². The van der Waals surface area contributed by atoms with Gasteiger partial charge in [0, 0.05) is 11.5 Å². The number of ketones is 1. The Morgan fingerprint density at radius 1 is 1.19 bits per heavy atom. The predicted molar refractivity (Wildman–Crippen MR) is 68.8 cm³/mol. The molecule has 0 fully saturated rings. The van der Waals surface area contributed by atoms with Crippen molar-refractivity contribution in [1.82, 2.24) is 0 Å².